The monoisotopic (exact) mass is 269 g/mol. The molecule has 96 valence electrons. The largest absolute Gasteiger partial charge is 0.496 e. The normalized spacial score (nSPS) is 12.4. The third-order valence-corrected chi connectivity index (χ3v) is 3.72. The second kappa shape index (κ2) is 5.46. The minimum atomic E-state index is -0.849. The van der Waals surface area contributed by atoms with Crippen molar-refractivity contribution in [1.29, 1.82) is 0 Å². The number of ether oxygens (including phenoxy) is 1. The first-order valence-electron chi connectivity index (χ1n) is 5.43. The Morgan fingerprint density at radius 2 is 2.11 bits per heavy atom. The van der Waals surface area contributed by atoms with Gasteiger partial charge in [-0.3, -0.25) is 0 Å². The zero-order valence-corrected chi connectivity index (χ0v) is 10.6. The summed E-state index contributed by atoms with van der Waals surface area (Å²) in [6.45, 7) is 0. The zero-order chi connectivity index (χ0) is 13.1. The molecule has 2 N–H and O–H groups in total. The highest BCUT2D eigenvalue weighted by molar-refractivity contribution is 7.10. The fourth-order valence-electron chi connectivity index (χ4n) is 1.78. The molecule has 2 rings (SSSR count). The first-order valence-corrected chi connectivity index (χ1v) is 6.31. The lowest BCUT2D eigenvalue weighted by molar-refractivity contribution is 0.408. The number of rotatable bonds is 4. The van der Waals surface area contributed by atoms with Crippen LogP contribution in [0.2, 0.25) is 0 Å². The highest BCUT2D eigenvalue weighted by Gasteiger charge is 2.17. The molecule has 0 aliphatic rings. The highest BCUT2D eigenvalue weighted by atomic mass is 32.1. The van der Waals surface area contributed by atoms with E-state index in [1.54, 1.807) is 13.2 Å². The van der Waals surface area contributed by atoms with Crippen LogP contribution in [0.4, 0.5) is 8.78 Å². The summed E-state index contributed by atoms with van der Waals surface area (Å²) < 4.78 is 31.8. The molecule has 0 aliphatic carbocycles. The van der Waals surface area contributed by atoms with Crippen molar-refractivity contribution in [3.8, 4) is 5.75 Å². The third-order valence-electron chi connectivity index (χ3n) is 2.69. The van der Waals surface area contributed by atoms with E-state index < -0.39 is 17.7 Å². The van der Waals surface area contributed by atoms with E-state index in [9.17, 15) is 8.78 Å². The zero-order valence-electron chi connectivity index (χ0n) is 9.82. The van der Waals surface area contributed by atoms with Gasteiger partial charge in [0.05, 0.1) is 12.0 Å². The van der Waals surface area contributed by atoms with Gasteiger partial charge in [0.2, 0.25) is 0 Å². The van der Waals surface area contributed by atoms with Crippen LogP contribution in [0.25, 0.3) is 0 Å². The number of thiophene rings is 1. The Hall–Kier alpha value is -1.46. The minimum absolute atomic E-state index is 0.237. The number of methoxy groups -OCH3 is 1. The first-order chi connectivity index (χ1) is 8.63. The number of hydrogen-bond donors (Lipinski definition) is 1. The van der Waals surface area contributed by atoms with Crippen molar-refractivity contribution in [3.63, 3.8) is 0 Å². The van der Waals surface area contributed by atoms with Crippen LogP contribution in [0.15, 0.2) is 29.6 Å². The van der Waals surface area contributed by atoms with E-state index in [-0.39, 0.29) is 12.0 Å². The fourth-order valence-corrected chi connectivity index (χ4v) is 2.65. The average Bonchev–Trinajstić information content (AvgIpc) is 2.83. The van der Waals surface area contributed by atoms with Crippen LogP contribution in [-0.2, 0) is 6.42 Å². The van der Waals surface area contributed by atoms with Crippen molar-refractivity contribution in [2.24, 2.45) is 5.73 Å². The minimum Gasteiger partial charge on any atom is -0.496 e. The van der Waals surface area contributed by atoms with Gasteiger partial charge in [-0.1, -0.05) is 12.1 Å². The van der Waals surface area contributed by atoms with Gasteiger partial charge in [0.25, 0.3) is 0 Å². The van der Waals surface area contributed by atoms with Crippen molar-refractivity contribution in [3.05, 3.63) is 51.7 Å². The van der Waals surface area contributed by atoms with E-state index in [0.717, 1.165) is 10.9 Å². The van der Waals surface area contributed by atoms with Crippen LogP contribution >= 0.6 is 11.3 Å². The Morgan fingerprint density at radius 1 is 1.33 bits per heavy atom. The van der Waals surface area contributed by atoms with Gasteiger partial charge in [0.15, 0.2) is 11.6 Å². The van der Waals surface area contributed by atoms with Crippen LogP contribution in [0.3, 0.4) is 0 Å². The van der Waals surface area contributed by atoms with Gasteiger partial charge < -0.3 is 10.5 Å². The summed E-state index contributed by atoms with van der Waals surface area (Å²) in [4.78, 5) is 0.834. The quantitative estimate of drug-likeness (QED) is 0.924. The van der Waals surface area contributed by atoms with Crippen LogP contribution in [0, 0.1) is 11.6 Å². The van der Waals surface area contributed by atoms with E-state index in [1.807, 2.05) is 11.4 Å². The molecule has 2 aromatic rings. The van der Waals surface area contributed by atoms with E-state index in [1.165, 1.54) is 17.4 Å². The van der Waals surface area contributed by atoms with Gasteiger partial charge >= 0.3 is 0 Å². The number of nitrogens with two attached hydrogens (primary N) is 1. The van der Waals surface area contributed by atoms with Gasteiger partial charge in [-0.25, -0.2) is 8.78 Å². The lowest BCUT2D eigenvalue weighted by Gasteiger charge is -2.12. The van der Waals surface area contributed by atoms with Crippen LogP contribution in [0.5, 0.6) is 5.75 Å². The fraction of sp³-hybridized carbons (Fsp3) is 0.231. The Bertz CT molecular complexity index is 542. The summed E-state index contributed by atoms with van der Waals surface area (Å²) >= 11 is 1.45. The Balaban J connectivity index is 2.21. The molecule has 0 saturated heterocycles. The maximum Gasteiger partial charge on any atom is 0.162 e. The molecule has 0 amide bonds. The van der Waals surface area contributed by atoms with Crippen LogP contribution < -0.4 is 10.5 Å². The van der Waals surface area contributed by atoms with Gasteiger partial charge in [-0.15, -0.1) is 11.3 Å². The smallest absolute Gasteiger partial charge is 0.162 e. The average molecular weight is 269 g/mol. The standard InChI is InChI=1S/C13H13F2NOS/c1-17-11-5-6-18-13(11)10(16)7-8-3-2-4-9(14)12(8)15/h2-6,10H,7,16H2,1H3. The first kappa shape index (κ1) is 13.0. The Kier molecular flexibility index (Phi) is 3.93. The predicted octanol–water partition coefficient (Wildman–Crippen LogP) is 3.28. The van der Waals surface area contributed by atoms with E-state index in [0.29, 0.717) is 5.75 Å². The van der Waals surface area contributed by atoms with E-state index in [2.05, 4.69) is 0 Å². The molecule has 5 heteroatoms. The summed E-state index contributed by atoms with van der Waals surface area (Å²) in [5, 5.41) is 1.86. The number of benzene rings is 1. The molecular weight excluding hydrogens is 256 g/mol. The Labute approximate surface area is 108 Å². The summed E-state index contributed by atoms with van der Waals surface area (Å²) in [5.41, 5.74) is 6.28. The van der Waals surface area contributed by atoms with Crippen LogP contribution in [-0.4, -0.2) is 7.11 Å². The Morgan fingerprint density at radius 3 is 2.83 bits per heavy atom. The predicted molar refractivity (Wildman–Crippen MR) is 67.9 cm³/mol. The van der Waals surface area contributed by atoms with Crippen molar-refractivity contribution >= 4 is 11.3 Å². The molecule has 2 nitrogen and oxygen atoms in total. The maximum atomic E-state index is 13.5. The lowest BCUT2D eigenvalue weighted by Crippen LogP contribution is -2.14. The molecule has 1 unspecified atom stereocenters. The van der Waals surface area contributed by atoms with Gasteiger partial charge in [0, 0.05) is 6.04 Å². The lowest BCUT2D eigenvalue weighted by atomic mass is 10.0. The molecule has 1 atom stereocenters. The van der Waals surface area contributed by atoms with Crippen molar-refractivity contribution < 1.29 is 13.5 Å². The molecule has 0 saturated carbocycles. The molecule has 0 aliphatic heterocycles. The van der Waals surface area contributed by atoms with Gasteiger partial charge in [0.1, 0.15) is 5.75 Å². The molecule has 1 aromatic heterocycles. The molecule has 0 radical (unpaired) electrons. The van der Waals surface area contributed by atoms with Crippen molar-refractivity contribution in [2.45, 2.75) is 12.5 Å². The number of hydrogen-bond acceptors (Lipinski definition) is 3. The second-order valence-electron chi connectivity index (χ2n) is 3.88. The van der Waals surface area contributed by atoms with Crippen molar-refractivity contribution in [1.82, 2.24) is 0 Å². The summed E-state index contributed by atoms with van der Waals surface area (Å²) in [6.07, 6.45) is 0.237. The molecule has 0 spiro atoms. The third kappa shape index (κ3) is 2.52. The second-order valence-corrected chi connectivity index (χ2v) is 4.82. The molecule has 1 aromatic carbocycles. The SMILES string of the molecule is COc1ccsc1C(N)Cc1cccc(F)c1F. The highest BCUT2D eigenvalue weighted by Crippen LogP contribution is 2.31. The molecule has 0 bridgehead atoms. The molecule has 18 heavy (non-hydrogen) atoms. The molecule has 0 fully saturated rings. The summed E-state index contributed by atoms with van der Waals surface area (Å²) in [7, 11) is 1.56. The topological polar surface area (TPSA) is 35.2 Å². The molecular formula is C13H13F2NOS. The van der Waals surface area contributed by atoms with Gasteiger partial charge in [-0.2, -0.15) is 0 Å². The number of halogens is 2. The van der Waals surface area contributed by atoms with Gasteiger partial charge in [-0.05, 0) is 29.5 Å². The molecule has 1 heterocycles. The summed E-state index contributed by atoms with van der Waals surface area (Å²) in [6, 6.07) is 5.51. The van der Waals surface area contributed by atoms with E-state index >= 15 is 0 Å². The van der Waals surface area contributed by atoms with Crippen molar-refractivity contribution in [2.75, 3.05) is 7.11 Å². The van der Waals surface area contributed by atoms with E-state index in [4.69, 9.17) is 10.5 Å². The maximum absolute atomic E-state index is 13.5. The summed E-state index contributed by atoms with van der Waals surface area (Å²) in [5.74, 6) is -0.995. The van der Waals surface area contributed by atoms with Crippen LogP contribution in [0.1, 0.15) is 16.5 Å².